The van der Waals surface area contributed by atoms with Crippen molar-refractivity contribution in [3.63, 3.8) is 0 Å². The molecule has 5 aliphatic carbocycles. The van der Waals surface area contributed by atoms with Gasteiger partial charge in [0.05, 0.1) is 24.2 Å². The van der Waals surface area contributed by atoms with Gasteiger partial charge in [0.15, 0.2) is 11.6 Å². The van der Waals surface area contributed by atoms with Crippen LogP contribution in [0, 0.1) is 62.6 Å². The molecule has 194 valence electrons. The zero-order valence-corrected chi connectivity index (χ0v) is 22.4. The fourth-order valence-corrected chi connectivity index (χ4v) is 9.63. The maximum Gasteiger partial charge on any atom is 0.312 e. The van der Waals surface area contributed by atoms with E-state index in [0.717, 1.165) is 24.8 Å². The minimum absolute atomic E-state index is 0.0130. The molecule has 0 amide bonds. The van der Waals surface area contributed by atoms with Gasteiger partial charge in [-0.2, -0.15) is 5.26 Å². The van der Waals surface area contributed by atoms with Gasteiger partial charge < -0.3 is 9.84 Å². The Morgan fingerprint density at radius 2 is 1.81 bits per heavy atom. The number of allylic oxidation sites excluding steroid dienone is 4. The van der Waals surface area contributed by atoms with Crippen LogP contribution in [0.2, 0.25) is 0 Å². The number of ether oxygens (including phenoxy) is 1. The van der Waals surface area contributed by atoms with E-state index in [1.165, 1.54) is 7.11 Å². The van der Waals surface area contributed by atoms with Crippen LogP contribution in [0.15, 0.2) is 23.3 Å². The Kier molecular flexibility index (Phi) is 5.55. The third kappa shape index (κ3) is 3.14. The number of fused-ring (bicyclic) bond motifs is 7. The number of carbonyl (C=O) groups is 3. The molecule has 0 heterocycles. The summed E-state index contributed by atoms with van der Waals surface area (Å²) in [7, 11) is 1.45. The molecule has 0 spiro atoms. The summed E-state index contributed by atoms with van der Waals surface area (Å²) in [6.45, 7) is 10.4. The molecule has 0 aromatic rings. The van der Waals surface area contributed by atoms with Crippen molar-refractivity contribution >= 4 is 17.5 Å². The molecule has 9 unspecified atom stereocenters. The Bertz CT molecular complexity index is 1140. The van der Waals surface area contributed by atoms with Gasteiger partial charge in [0.2, 0.25) is 0 Å². The second-order valence-corrected chi connectivity index (χ2v) is 13.6. The average molecular weight is 494 g/mol. The second-order valence-electron chi connectivity index (χ2n) is 13.6. The summed E-state index contributed by atoms with van der Waals surface area (Å²) in [5, 5.41) is 21.2. The lowest BCUT2D eigenvalue weighted by atomic mass is 9.39. The first-order valence-corrected chi connectivity index (χ1v) is 13.5. The Morgan fingerprint density at radius 3 is 2.44 bits per heavy atom. The van der Waals surface area contributed by atoms with Gasteiger partial charge >= 0.3 is 5.97 Å². The van der Waals surface area contributed by atoms with Crippen molar-refractivity contribution in [2.45, 2.75) is 79.2 Å². The summed E-state index contributed by atoms with van der Waals surface area (Å²) in [5.74, 6) is -1.66. The molecule has 0 aromatic carbocycles. The van der Waals surface area contributed by atoms with Crippen molar-refractivity contribution < 1.29 is 24.2 Å². The fourth-order valence-electron chi connectivity index (χ4n) is 9.63. The number of nitrogens with zero attached hydrogens (tertiary/aromatic N) is 1. The Hall–Kier alpha value is -2.26. The molecule has 1 N–H and O–H groups in total. The highest BCUT2D eigenvalue weighted by Gasteiger charge is 2.67. The molecule has 0 aromatic heterocycles. The molecule has 0 aliphatic heterocycles. The number of aliphatic hydroxyl groups excluding tert-OH is 1. The standard InChI is InChI=1S/C30H39NO5/c1-16-24-21(33)14-28(4)18-7-8-30(26(35)36-6)10-9-27(2,3)13-19(30)23(18)20(32)11-22(28)29(24,5)12-17(15-31)25(16)34/h11-12,16,18-19,21,23-24,33H,7-10,13-14H2,1-6H3. The molecule has 0 bridgehead atoms. The first-order chi connectivity index (χ1) is 16.8. The van der Waals surface area contributed by atoms with Crippen molar-refractivity contribution in [2.75, 3.05) is 7.11 Å². The van der Waals surface area contributed by atoms with Crippen LogP contribution in [0.5, 0.6) is 0 Å². The van der Waals surface area contributed by atoms with Crippen molar-refractivity contribution in [3.05, 3.63) is 23.3 Å². The van der Waals surface area contributed by atoms with Gasteiger partial charge in [0.1, 0.15) is 6.07 Å². The minimum atomic E-state index is -0.756. The van der Waals surface area contributed by atoms with Gasteiger partial charge in [-0.15, -0.1) is 0 Å². The number of hydrogen-bond acceptors (Lipinski definition) is 6. The van der Waals surface area contributed by atoms with Gasteiger partial charge in [0.25, 0.3) is 0 Å². The van der Waals surface area contributed by atoms with Gasteiger partial charge in [0, 0.05) is 23.2 Å². The van der Waals surface area contributed by atoms with E-state index in [0.29, 0.717) is 19.3 Å². The van der Waals surface area contributed by atoms with E-state index >= 15 is 0 Å². The van der Waals surface area contributed by atoms with Crippen LogP contribution in [0.1, 0.15) is 73.1 Å². The van der Waals surface area contributed by atoms with Crippen molar-refractivity contribution in [3.8, 4) is 6.07 Å². The van der Waals surface area contributed by atoms with E-state index in [9.17, 15) is 24.8 Å². The smallest absolute Gasteiger partial charge is 0.312 e. The average Bonchev–Trinajstić information content (AvgIpc) is 2.81. The minimum Gasteiger partial charge on any atom is -0.469 e. The lowest BCUT2D eigenvalue weighted by Crippen LogP contribution is -2.63. The number of Topliss-reactive ketones (excluding diaryl/α,β-unsaturated/α-hetero) is 1. The highest BCUT2D eigenvalue weighted by Crippen LogP contribution is 2.69. The van der Waals surface area contributed by atoms with E-state index in [-0.39, 0.29) is 52.2 Å². The van der Waals surface area contributed by atoms with Crippen LogP contribution in [0.4, 0.5) is 0 Å². The highest BCUT2D eigenvalue weighted by molar-refractivity contribution is 6.02. The molecular formula is C30H39NO5. The summed E-state index contributed by atoms with van der Waals surface area (Å²) >= 11 is 0. The molecule has 3 saturated carbocycles. The molecular weight excluding hydrogens is 454 g/mol. The number of ketones is 2. The van der Waals surface area contributed by atoms with Crippen LogP contribution in [0.3, 0.4) is 0 Å². The summed E-state index contributed by atoms with van der Waals surface area (Å²) in [6, 6.07) is 2.07. The third-order valence-corrected chi connectivity index (χ3v) is 11.2. The third-order valence-electron chi connectivity index (χ3n) is 11.2. The fraction of sp³-hybridized carbons (Fsp3) is 0.733. The Balaban J connectivity index is 1.67. The SMILES string of the molecule is COC(=O)C12CCC3C(C(=O)C=C4C5(C)C=C(C#N)C(=O)C(C)C5C(O)CC43C)C1CC(C)(C)CC2. The molecule has 0 saturated heterocycles. The summed E-state index contributed by atoms with van der Waals surface area (Å²) in [4.78, 5) is 40.2. The molecule has 0 radical (unpaired) electrons. The lowest BCUT2D eigenvalue weighted by molar-refractivity contribution is -0.180. The number of nitriles is 1. The van der Waals surface area contributed by atoms with Gasteiger partial charge in [-0.25, -0.2) is 0 Å². The van der Waals surface area contributed by atoms with Crippen LogP contribution in [0.25, 0.3) is 0 Å². The molecule has 6 nitrogen and oxygen atoms in total. The summed E-state index contributed by atoms with van der Waals surface area (Å²) < 4.78 is 5.34. The Labute approximate surface area is 214 Å². The molecule has 9 atom stereocenters. The number of esters is 1. The van der Waals surface area contributed by atoms with Crippen molar-refractivity contribution in [1.29, 1.82) is 5.26 Å². The first kappa shape index (κ1) is 25.4. The molecule has 36 heavy (non-hydrogen) atoms. The van der Waals surface area contributed by atoms with E-state index in [1.807, 2.05) is 6.92 Å². The van der Waals surface area contributed by atoms with Crippen molar-refractivity contribution in [1.82, 2.24) is 0 Å². The molecule has 6 heteroatoms. The maximum absolute atomic E-state index is 14.1. The number of carbonyl (C=O) groups excluding carboxylic acids is 3. The monoisotopic (exact) mass is 493 g/mol. The number of hydrogen-bond donors (Lipinski definition) is 1. The predicted octanol–water partition coefficient (Wildman–Crippen LogP) is 4.57. The van der Waals surface area contributed by atoms with Gasteiger partial charge in [-0.1, -0.05) is 46.3 Å². The first-order valence-electron chi connectivity index (χ1n) is 13.5. The van der Waals surface area contributed by atoms with Crippen LogP contribution < -0.4 is 0 Å². The number of aliphatic hydroxyl groups is 1. The zero-order chi connectivity index (χ0) is 26.4. The normalized spacial score (nSPS) is 47.2. The Morgan fingerprint density at radius 1 is 1.11 bits per heavy atom. The molecule has 3 fully saturated rings. The predicted molar refractivity (Wildman–Crippen MR) is 133 cm³/mol. The summed E-state index contributed by atoms with van der Waals surface area (Å²) in [6.07, 6.45) is 7.11. The van der Waals surface area contributed by atoms with Crippen LogP contribution in [-0.4, -0.2) is 35.9 Å². The van der Waals surface area contributed by atoms with E-state index in [2.05, 4.69) is 26.8 Å². The molecule has 5 rings (SSSR count). The zero-order valence-electron chi connectivity index (χ0n) is 22.4. The van der Waals surface area contributed by atoms with Crippen LogP contribution >= 0.6 is 0 Å². The largest absolute Gasteiger partial charge is 0.469 e. The van der Waals surface area contributed by atoms with Crippen LogP contribution in [-0.2, 0) is 19.1 Å². The quantitative estimate of drug-likeness (QED) is 0.537. The van der Waals surface area contributed by atoms with Gasteiger partial charge in [-0.05, 0) is 67.3 Å². The summed E-state index contributed by atoms with van der Waals surface area (Å²) in [5.41, 5.74) is -0.761. The second kappa shape index (κ2) is 7.87. The topological polar surface area (TPSA) is 104 Å². The molecule has 5 aliphatic rings. The van der Waals surface area contributed by atoms with Gasteiger partial charge in [-0.3, -0.25) is 14.4 Å². The number of methoxy groups -OCH3 is 1. The van der Waals surface area contributed by atoms with E-state index < -0.39 is 28.3 Å². The van der Waals surface area contributed by atoms with E-state index in [4.69, 9.17) is 4.74 Å². The van der Waals surface area contributed by atoms with E-state index in [1.54, 1.807) is 19.1 Å². The lowest BCUT2D eigenvalue weighted by Gasteiger charge is -2.64. The maximum atomic E-state index is 14.1. The highest BCUT2D eigenvalue weighted by atomic mass is 16.5. The number of rotatable bonds is 1. The van der Waals surface area contributed by atoms with Crippen molar-refractivity contribution in [2.24, 2.45) is 51.2 Å².